The molecule has 1 aromatic heterocycles. The molecule has 1 aromatic rings. The van der Waals surface area contributed by atoms with Gasteiger partial charge in [-0.1, -0.05) is 13.8 Å². The first-order chi connectivity index (χ1) is 8.49. The van der Waals surface area contributed by atoms with E-state index in [2.05, 4.69) is 24.1 Å². The monoisotopic (exact) mass is 278 g/mol. The minimum atomic E-state index is -2.39. The van der Waals surface area contributed by atoms with Crippen LogP contribution in [0.5, 0.6) is 0 Å². The normalized spacial score (nSPS) is 11.7. The molecule has 6 heteroatoms. The van der Waals surface area contributed by atoms with Gasteiger partial charge in [0.2, 0.25) is 0 Å². The topological polar surface area (TPSA) is 34.1 Å². The molecule has 0 radical (unpaired) electrons. The lowest BCUT2D eigenvalue weighted by atomic mass is 10.3. The number of aromatic nitrogens is 1. The Balaban J connectivity index is 2.36. The van der Waals surface area contributed by atoms with Crippen LogP contribution in [0.4, 0.5) is 8.78 Å². The Morgan fingerprint density at radius 1 is 1.39 bits per heavy atom. The molecule has 0 aliphatic heterocycles. The maximum absolute atomic E-state index is 11.9. The van der Waals surface area contributed by atoms with Gasteiger partial charge in [-0.2, -0.15) is 0 Å². The van der Waals surface area contributed by atoms with E-state index in [1.165, 1.54) is 4.88 Å². The van der Waals surface area contributed by atoms with E-state index in [0.29, 0.717) is 19.1 Å². The van der Waals surface area contributed by atoms with Crippen molar-refractivity contribution in [2.75, 3.05) is 13.2 Å². The standard InChI is InChI=1S/C12H20F2N2OS/c1-8(2)15-6-10-9(3)16-12(18-10)4-5-17-7-11(13)14/h8,11,15H,4-7H2,1-3H3. The van der Waals surface area contributed by atoms with Gasteiger partial charge >= 0.3 is 0 Å². The molecule has 0 aromatic carbocycles. The molecule has 0 saturated heterocycles. The Labute approximate surface area is 111 Å². The van der Waals surface area contributed by atoms with Gasteiger partial charge in [0, 0.05) is 23.9 Å². The van der Waals surface area contributed by atoms with Crippen molar-refractivity contribution in [3.8, 4) is 0 Å². The molecule has 1 rings (SSSR count). The molecule has 1 heterocycles. The summed E-state index contributed by atoms with van der Waals surface area (Å²) in [6.45, 7) is 6.77. The third-order valence-corrected chi connectivity index (χ3v) is 3.53. The number of hydrogen-bond acceptors (Lipinski definition) is 4. The number of thiazole rings is 1. The van der Waals surface area contributed by atoms with Crippen LogP contribution in [0.1, 0.15) is 29.4 Å². The zero-order valence-electron chi connectivity index (χ0n) is 11.0. The van der Waals surface area contributed by atoms with Crippen molar-refractivity contribution < 1.29 is 13.5 Å². The zero-order valence-corrected chi connectivity index (χ0v) is 11.8. The van der Waals surface area contributed by atoms with E-state index < -0.39 is 13.0 Å². The summed E-state index contributed by atoms with van der Waals surface area (Å²) in [6.07, 6.45) is -1.80. The smallest absolute Gasteiger partial charge is 0.261 e. The molecule has 0 fully saturated rings. The second kappa shape index (κ2) is 7.76. The summed E-state index contributed by atoms with van der Waals surface area (Å²) < 4.78 is 28.6. The quantitative estimate of drug-likeness (QED) is 0.742. The van der Waals surface area contributed by atoms with E-state index in [4.69, 9.17) is 4.74 Å². The van der Waals surface area contributed by atoms with Crippen molar-refractivity contribution in [3.63, 3.8) is 0 Å². The molecule has 1 N–H and O–H groups in total. The largest absolute Gasteiger partial charge is 0.375 e. The Bertz CT molecular complexity index is 356. The molecule has 3 nitrogen and oxygen atoms in total. The van der Waals surface area contributed by atoms with E-state index in [0.717, 1.165) is 17.2 Å². The molecular weight excluding hydrogens is 258 g/mol. The van der Waals surface area contributed by atoms with Crippen LogP contribution in [0.25, 0.3) is 0 Å². The van der Waals surface area contributed by atoms with Gasteiger partial charge in [0.1, 0.15) is 6.61 Å². The van der Waals surface area contributed by atoms with Crippen LogP contribution in [0.2, 0.25) is 0 Å². The highest BCUT2D eigenvalue weighted by Crippen LogP contribution is 2.18. The molecule has 18 heavy (non-hydrogen) atoms. The molecule has 0 bridgehead atoms. The number of alkyl halides is 2. The summed E-state index contributed by atoms with van der Waals surface area (Å²) in [6, 6.07) is 0.435. The number of halogens is 2. The van der Waals surface area contributed by atoms with Gasteiger partial charge in [-0.05, 0) is 6.92 Å². The van der Waals surface area contributed by atoms with E-state index in [1.54, 1.807) is 11.3 Å². The highest BCUT2D eigenvalue weighted by atomic mass is 32.1. The first kappa shape index (κ1) is 15.5. The van der Waals surface area contributed by atoms with Crippen LogP contribution < -0.4 is 5.32 Å². The number of aryl methyl sites for hydroxylation is 1. The van der Waals surface area contributed by atoms with Crippen molar-refractivity contribution in [2.45, 2.75) is 46.2 Å². The second-order valence-electron chi connectivity index (χ2n) is 4.37. The Hall–Kier alpha value is -0.590. The molecule has 0 aliphatic rings. The maximum Gasteiger partial charge on any atom is 0.261 e. The highest BCUT2D eigenvalue weighted by Gasteiger charge is 2.08. The average molecular weight is 278 g/mol. The predicted octanol–water partition coefficient (Wildman–Crippen LogP) is 2.77. The van der Waals surface area contributed by atoms with Crippen LogP contribution in [0.15, 0.2) is 0 Å². The fourth-order valence-electron chi connectivity index (χ4n) is 1.39. The van der Waals surface area contributed by atoms with Crippen molar-refractivity contribution in [1.82, 2.24) is 10.3 Å². The third kappa shape index (κ3) is 5.84. The molecule has 104 valence electrons. The molecule has 0 aliphatic carbocycles. The van der Waals surface area contributed by atoms with Crippen LogP contribution >= 0.6 is 11.3 Å². The Kier molecular flexibility index (Phi) is 6.67. The zero-order chi connectivity index (χ0) is 13.5. The van der Waals surface area contributed by atoms with Gasteiger partial charge in [-0.3, -0.25) is 0 Å². The molecule has 0 atom stereocenters. The fourth-order valence-corrected chi connectivity index (χ4v) is 2.39. The fraction of sp³-hybridized carbons (Fsp3) is 0.750. The first-order valence-corrected chi connectivity index (χ1v) is 6.85. The van der Waals surface area contributed by atoms with Gasteiger partial charge < -0.3 is 10.1 Å². The number of nitrogens with one attached hydrogen (secondary N) is 1. The SMILES string of the molecule is Cc1nc(CCOCC(F)F)sc1CNC(C)C. The van der Waals surface area contributed by atoms with Crippen LogP contribution in [0.3, 0.4) is 0 Å². The van der Waals surface area contributed by atoms with Crippen molar-refractivity contribution in [3.05, 3.63) is 15.6 Å². The minimum Gasteiger partial charge on any atom is -0.375 e. The molecule has 0 spiro atoms. The highest BCUT2D eigenvalue weighted by molar-refractivity contribution is 7.11. The van der Waals surface area contributed by atoms with E-state index >= 15 is 0 Å². The van der Waals surface area contributed by atoms with Gasteiger partial charge in [0.25, 0.3) is 6.43 Å². The summed E-state index contributed by atoms with van der Waals surface area (Å²) in [5.41, 5.74) is 1.01. The van der Waals surface area contributed by atoms with Crippen molar-refractivity contribution in [1.29, 1.82) is 0 Å². The number of nitrogens with zero attached hydrogens (tertiary/aromatic N) is 1. The van der Waals surface area contributed by atoms with Crippen molar-refractivity contribution >= 4 is 11.3 Å². The molecule has 0 saturated carbocycles. The average Bonchev–Trinajstić information content (AvgIpc) is 2.62. The van der Waals surface area contributed by atoms with Gasteiger partial charge in [0.15, 0.2) is 0 Å². The summed E-state index contributed by atoms with van der Waals surface area (Å²) in [7, 11) is 0. The van der Waals surface area contributed by atoms with Crippen LogP contribution in [-0.4, -0.2) is 30.7 Å². The van der Waals surface area contributed by atoms with Crippen molar-refractivity contribution in [2.24, 2.45) is 0 Å². The summed E-state index contributed by atoms with van der Waals surface area (Å²) in [4.78, 5) is 5.62. The van der Waals surface area contributed by atoms with E-state index in [-0.39, 0.29) is 0 Å². The van der Waals surface area contributed by atoms with Gasteiger partial charge in [-0.15, -0.1) is 11.3 Å². The lowest BCUT2D eigenvalue weighted by Crippen LogP contribution is -2.21. The Morgan fingerprint density at radius 2 is 2.11 bits per heavy atom. The Morgan fingerprint density at radius 3 is 2.72 bits per heavy atom. The van der Waals surface area contributed by atoms with Gasteiger partial charge in [0.05, 0.1) is 17.3 Å². The third-order valence-electron chi connectivity index (χ3n) is 2.31. The maximum atomic E-state index is 11.9. The first-order valence-electron chi connectivity index (χ1n) is 6.03. The number of hydrogen-bond donors (Lipinski definition) is 1. The van der Waals surface area contributed by atoms with E-state index in [9.17, 15) is 8.78 Å². The van der Waals surface area contributed by atoms with Crippen LogP contribution in [-0.2, 0) is 17.7 Å². The predicted molar refractivity (Wildman–Crippen MR) is 69.4 cm³/mol. The molecule has 0 unspecified atom stereocenters. The molecular formula is C12H20F2N2OS. The molecule has 0 amide bonds. The number of ether oxygens (including phenoxy) is 1. The summed E-state index contributed by atoms with van der Waals surface area (Å²) in [5, 5.41) is 4.28. The lowest BCUT2D eigenvalue weighted by Gasteiger charge is -2.05. The lowest BCUT2D eigenvalue weighted by molar-refractivity contribution is 0.0187. The second-order valence-corrected chi connectivity index (χ2v) is 5.54. The van der Waals surface area contributed by atoms with E-state index in [1.807, 2.05) is 6.92 Å². The summed E-state index contributed by atoms with van der Waals surface area (Å²) >= 11 is 1.62. The van der Waals surface area contributed by atoms with Crippen LogP contribution in [0, 0.1) is 6.92 Å². The summed E-state index contributed by atoms with van der Waals surface area (Å²) in [5.74, 6) is 0. The number of rotatable bonds is 8. The minimum absolute atomic E-state index is 0.300. The van der Waals surface area contributed by atoms with Gasteiger partial charge in [-0.25, -0.2) is 13.8 Å².